The highest BCUT2D eigenvalue weighted by Crippen LogP contribution is 2.21. The van der Waals surface area contributed by atoms with Crippen LogP contribution in [0.4, 0.5) is 0 Å². The molecule has 0 aliphatic carbocycles. The van der Waals surface area contributed by atoms with Crippen LogP contribution in [-0.2, 0) is 6.67 Å². The summed E-state index contributed by atoms with van der Waals surface area (Å²) in [5.74, 6) is 1.23. The van der Waals surface area contributed by atoms with Crippen molar-refractivity contribution in [2.75, 3.05) is 13.1 Å². The number of aliphatic hydroxyl groups excluding tert-OH is 1. The Labute approximate surface area is 142 Å². The van der Waals surface area contributed by atoms with Gasteiger partial charge < -0.3 is 5.11 Å². The second-order valence-electron chi connectivity index (χ2n) is 6.49. The van der Waals surface area contributed by atoms with Crippen molar-refractivity contribution < 1.29 is 5.11 Å². The molecule has 6 heteroatoms. The van der Waals surface area contributed by atoms with Gasteiger partial charge in [-0.15, -0.1) is 0 Å². The number of aryl methyl sites for hydroxylation is 1. The number of rotatable bonds is 4. The first-order valence-corrected chi connectivity index (χ1v) is 8.58. The van der Waals surface area contributed by atoms with E-state index in [2.05, 4.69) is 46.2 Å². The lowest BCUT2D eigenvalue weighted by Gasteiger charge is -2.33. The fraction of sp³-hybridized carbons (Fsp3) is 0.529. The molecule has 23 heavy (non-hydrogen) atoms. The lowest BCUT2D eigenvalue weighted by Crippen LogP contribution is -2.38. The van der Waals surface area contributed by atoms with Gasteiger partial charge in [-0.3, -0.25) is 10.00 Å². The number of benzene rings is 1. The fourth-order valence-corrected chi connectivity index (χ4v) is 3.26. The van der Waals surface area contributed by atoms with Crippen LogP contribution in [0.5, 0.6) is 0 Å². The largest absolute Gasteiger partial charge is 0.393 e. The van der Waals surface area contributed by atoms with Gasteiger partial charge in [0.05, 0.1) is 12.8 Å². The van der Waals surface area contributed by atoms with Gasteiger partial charge >= 0.3 is 0 Å². The molecule has 1 saturated heterocycles. The standard InChI is InChI=1S/C17H24N4OS/c1-12-3-5-15(6-4-12)16-18-17(23)21(19-16)11-20-9-7-14(8-10-20)13(2)22/h3-6,13-14,22H,7-11H2,1-2H3,(H,18,19,23). The summed E-state index contributed by atoms with van der Waals surface area (Å²) in [4.78, 5) is 6.83. The van der Waals surface area contributed by atoms with Crippen molar-refractivity contribution in [1.29, 1.82) is 0 Å². The Morgan fingerprint density at radius 2 is 1.96 bits per heavy atom. The van der Waals surface area contributed by atoms with Crippen LogP contribution in [0.15, 0.2) is 24.3 Å². The van der Waals surface area contributed by atoms with Crippen molar-refractivity contribution in [3.8, 4) is 11.4 Å². The molecular formula is C17H24N4OS. The summed E-state index contributed by atoms with van der Waals surface area (Å²) in [6, 6.07) is 8.26. The molecule has 1 unspecified atom stereocenters. The van der Waals surface area contributed by atoms with Gasteiger partial charge in [0.2, 0.25) is 4.77 Å². The maximum atomic E-state index is 9.69. The van der Waals surface area contributed by atoms with E-state index in [9.17, 15) is 5.11 Å². The maximum absolute atomic E-state index is 9.69. The highest BCUT2D eigenvalue weighted by Gasteiger charge is 2.23. The van der Waals surface area contributed by atoms with Crippen LogP contribution >= 0.6 is 12.2 Å². The number of aromatic nitrogens is 3. The predicted molar refractivity (Wildman–Crippen MR) is 93.6 cm³/mol. The second kappa shape index (κ2) is 6.95. The third-order valence-electron chi connectivity index (χ3n) is 4.66. The summed E-state index contributed by atoms with van der Waals surface area (Å²) in [5.41, 5.74) is 2.28. The molecule has 0 saturated carbocycles. The predicted octanol–water partition coefficient (Wildman–Crippen LogP) is 2.97. The summed E-state index contributed by atoms with van der Waals surface area (Å²) < 4.78 is 2.51. The molecule has 0 amide bonds. The molecule has 1 atom stereocenters. The molecule has 5 nitrogen and oxygen atoms in total. The molecule has 0 radical (unpaired) electrons. The average molecular weight is 332 g/mol. The molecule has 1 aliphatic heterocycles. The molecular weight excluding hydrogens is 308 g/mol. The van der Waals surface area contributed by atoms with Gasteiger partial charge in [-0.2, -0.15) is 4.98 Å². The van der Waals surface area contributed by atoms with E-state index in [1.807, 2.05) is 11.6 Å². The first-order valence-electron chi connectivity index (χ1n) is 8.17. The Bertz CT molecular complexity index is 696. The van der Waals surface area contributed by atoms with Crippen molar-refractivity contribution in [3.63, 3.8) is 0 Å². The summed E-state index contributed by atoms with van der Waals surface area (Å²) in [7, 11) is 0. The first kappa shape index (κ1) is 16.4. The number of piperidine rings is 1. The van der Waals surface area contributed by atoms with E-state index >= 15 is 0 Å². The zero-order valence-corrected chi connectivity index (χ0v) is 14.5. The van der Waals surface area contributed by atoms with E-state index in [0.29, 0.717) is 10.7 Å². The third kappa shape index (κ3) is 3.88. The molecule has 2 N–H and O–H groups in total. The average Bonchev–Trinajstić information content (AvgIpc) is 2.89. The second-order valence-corrected chi connectivity index (χ2v) is 6.85. The van der Waals surface area contributed by atoms with E-state index in [1.54, 1.807) is 0 Å². The first-order chi connectivity index (χ1) is 11.0. The van der Waals surface area contributed by atoms with Gasteiger partial charge in [0.15, 0.2) is 5.82 Å². The van der Waals surface area contributed by atoms with Gasteiger partial charge in [-0.25, -0.2) is 4.68 Å². The van der Waals surface area contributed by atoms with Crippen LogP contribution < -0.4 is 0 Å². The third-order valence-corrected chi connectivity index (χ3v) is 4.97. The van der Waals surface area contributed by atoms with Crippen molar-refractivity contribution >= 4 is 12.2 Å². The summed E-state index contributed by atoms with van der Waals surface area (Å²) >= 11 is 5.39. The zero-order chi connectivity index (χ0) is 16.4. The van der Waals surface area contributed by atoms with Crippen LogP contribution in [0.3, 0.4) is 0 Å². The lowest BCUT2D eigenvalue weighted by atomic mass is 9.92. The van der Waals surface area contributed by atoms with Crippen molar-refractivity contribution in [1.82, 2.24) is 19.7 Å². The summed E-state index contributed by atoms with van der Waals surface area (Å²) in [5, 5.41) is 13.0. The Balaban J connectivity index is 1.68. The molecule has 124 valence electrons. The number of nitrogens with one attached hydrogen (secondary N) is 1. The Morgan fingerprint density at radius 1 is 1.30 bits per heavy atom. The highest BCUT2D eigenvalue weighted by molar-refractivity contribution is 7.71. The molecule has 1 aromatic carbocycles. The number of H-pyrrole nitrogens is 1. The molecule has 0 bridgehead atoms. The Kier molecular flexibility index (Phi) is 4.94. The smallest absolute Gasteiger partial charge is 0.217 e. The van der Waals surface area contributed by atoms with E-state index in [0.717, 1.165) is 44.0 Å². The molecule has 0 spiro atoms. The Hall–Kier alpha value is -1.50. The maximum Gasteiger partial charge on any atom is 0.217 e. The van der Waals surface area contributed by atoms with E-state index < -0.39 is 0 Å². The van der Waals surface area contributed by atoms with Crippen LogP contribution in [-0.4, -0.2) is 44.0 Å². The molecule has 1 fully saturated rings. The molecule has 3 rings (SSSR count). The van der Waals surface area contributed by atoms with E-state index in [1.165, 1.54) is 5.56 Å². The number of likely N-dealkylation sites (tertiary alicyclic amines) is 1. The lowest BCUT2D eigenvalue weighted by molar-refractivity contribution is 0.0592. The summed E-state index contributed by atoms with van der Waals surface area (Å²) in [6.45, 7) is 6.65. The van der Waals surface area contributed by atoms with E-state index in [4.69, 9.17) is 12.2 Å². The van der Waals surface area contributed by atoms with E-state index in [-0.39, 0.29) is 6.10 Å². The minimum Gasteiger partial charge on any atom is -0.393 e. The van der Waals surface area contributed by atoms with Gasteiger partial charge in [-0.05, 0) is 44.8 Å². The van der Waals surface area contributed by atoms with Crippen LogP contribution in [0.25, 0.3) is 11.4 Å². The minimum atomic E-state index is -0.209. The monoisotopic (exact) mass is 332 g/mol. The molecule has 2 heterocycles. The normalized spacial score (nSPS) is 18.2. The van der Waals surface area contributed by atoms with Gasteiger partial charge in [-0.1, -0.05) is 29.8 Å². The number of nitrogens with zero attached hydrogens (tertiary/aromatic N) is 3. The van der Waals surface area contributed by atoms with Crippen molar-refractivity contribution in [2.24, 2.45) is 5.92 Å². The quantitative estimate of drug-likeness (QED) is 0.845. The fourth-order valence-electron chi connectivity index (χ4n) is 3.07. The Morgan fingerprint density at radius 3 is 2.57 bits per heavy atom. The highest BCUT2D eigenvalue weighted by atomic mass is 32.1. The van der Waals surface area contributed by atoms with Crippen LogP contribution in [0.1, 0.15) is 25.3 Å². The van der Waals surface area contributed by atoms with Gasteiger partial charge in [0.25, 0.3) is 0 Å². The number of hydrogen-bond donors (Lipinski definition) is 2. The molecule has 1 aromatic heterocycles. The molecule has 2 aromatic rings. The van der Waals surface area contributed by atoms with Crippen LogP contribution in [0.2, 0.25) is 0 Å². The minimum absolute atomic E-state index is 0.209. The van der Waals surface area contributed by atoms with Crippen molar-refractivity contribution in [2.45, 2.75) is 39.5 Å². The number of hydrogen-bond acceptors (Lipinski definition) is 4. The van der Waals surface area contributed by atoms with Gasteiger partial charge in [0, 0.05) is 18.7 Å². The zero-order valence-electron chi connectivity index (χ0n) is 13.7. The van der Waals surface area contributed by atoms with Crippen LogP contribution in [0, 0.1) is 17.6 Å². The number of aromatic amines is 1. The summed E-state index contributed by atoms with van der Waals surface area (Å²) in [6.07, 6.45) is 1.85. The number of aliphatic hydroxyl groups is 1. The topological polar surface area (TPSA) is 57.1 Å². The molecule has 1 aliphatic rings. The SMILES string of the molecule is Cc1ccc(-c2nc(=S)n(CN3CCC(C(C)O)CC3)[nH]2)cc1. The van der Waals surface area contributed by atoms with Gasteiger partial charge in [0.1, 0.15) is 0 Å². The van der Waals surface area contributed by atoms with Crippen molar-refractivity contribution in [3.05, 3.63) is 34.6 Å².